The third-order valence-electron chi connectivity index (χ3n) is 2.49. The van der Waals surface area contributed by atoms with Gasteiger partial charge >= 0.3 is 0 Å². The molecule has 1 aliphatic heterocycles. The van der Waals surface area contributed by atoms with Gasteiger partial charge in [0.2, 0.25) is 5.91 Å². The molecule has 0 bridgehead atoms. The Balaban J connectivity index is 2.35. The molecule has 0 aromatic heterocycles. The Hall–Kier alpha value is -0.830. The van der Waals surface area contributed by atoms with Crippen molar-refractivity contribution in [2.24, 2.45) is 5.92 Å². The van der Waals surface area contributed by atoms with Crippen molar-refractivity contribution < 1.29 is 4.79 Å². The van der Waals surface area contributed by atoms with E-state index in [0.717, 1.165) is 19.5 Å². The molecule has 0 radical (unpaired) electrons. The molecule has 3 heteroatoms. The molecule has 74 valence electrons. The first-order valence-electron chi connectivity index (χ1n) is 4.75. The van der Waals surface area contributed by atoms with E-state index < -0.39 is 0 Å². The van der Waals surface area contributed by atoms with Crippen LogP contribution in [0.5, 0.6) is 0 Å². The van der Waals surface area contributed by atoms with Gasteiger partial charge in [0.25, 0.3) is 0 Å². The van der Waals surface area contributed by atoms with Crippen LogP contribution in [0.3, 0.4) is 0 Å². The number of hydrogen-bond donors (Lipinski definition) is 1. The summed E-state index contributed by atoms with van der Waals surface area (Å²) in [6, 6.07) is 0.0819. The maximum atomic E-state index is 11.6. The summed E-state index contributed by atoms with van der Waals surface area (Å²) >= 11 is 0. The summed E-state index contributed by atoms with van der Waals surface area (Å²) in [6.07, 6.45) is 2.72. The number of carbonyl (C=O) groups is 1. The topological polar surface area (TPSA) is 32.3 Å². The third-order valence-corrected chi connectivity index (χ3v) is 2.49. The van der Waals surface area contributed by atoms with Crippen molar-refractivity contribution in [3.05, 3.63) is 12.7 Å². The van der Waals surface area contributed by atoms with Gasteiger partial charge in [0.1, 0.15) is 0 Å². The fraction of sp³-hybridized carbons (Fsp3) is 0.700. The van der Waals surface area contributed by atoms with E-state index in [4.69, 9.17) is 0 Å². The van der Waals surface area contributed by atoms with Crippen LogP contribution >= 0.6 is 0 Å². The van der Waals surface area contributed by atoms with Crippen LogP contribution < -0.4 is 5.32 Å². The first-order valence-corrected chi connectivity index (χ1v) is 4.75. The van der Waals surface area contributed by atoms with Gasteiger partial charge in [-0.15, -0.1) is 6.58 Å². The predicted molar refractivity (Wildman–Crippen MR) is 53.4 cm³/mol. The van der Waals surface area contributed by atoms with Gasteiger partial charge in [0.15, 0.2) is 0 Å². The molecule has 1 N–H and O–H groups in total. The van der Waals surface area contributed by atoms with Crippen molar-refractivity contribution in [1.29, 1.82) is 0 Å². The summed E-state index contributed by atoms with van der Waals surface area (Å²) in [5, 5.41) is 2.91. The zero-order valence-electron chi connectivity index (χ0n) is 8.42. The first-order chi connectivity index (χ1) is 6.13. The number of nitrogens with one attached hydrogen (secondary N) is 1. The van der Waals surface area contributed by atoms with Crippen molar-refractivity contribution in [2.75, 3.05) is 20.1 Å². The number of amides is 1. The highest BCUT2D eigenvalue weighted by molar-refractivity contribution is 5.79. The molecule has 0 aliphatic carbocycles. The zero-order valence-corrected chi connectivity index (χ0v) is 8.42. The molecule has 1 saturated heterocycles. The van der Waals surface area contributed by atoms with Crippen molar-refractivity contribution in [2.45, 2.75) is 19.4 Å². The Morgan fingerprint density at radius 3 is 2.92 bits per heavy atom. The molecule has 2 atom stereocenters. The molecule has 3 nitrogen and oxygen atoms in total. The maximum Gasteiger partial charge on any atom is 0.224 e. The minimum absolute atomic E-state index is 0.0819. The number of rotatable bonds is 3. The minimum atomic E-state index is 0.0819. The Kier molecular flexibility index (Phi) is 3.48. The van der Waals surface area contributed by atoms with Crippen molar-refractivity contribution in [1.82, 2.24) is 10.2 Å². The van der Waals surface area contributed by atoms with Crippen LogP contribution in [-0.4, -0.2) is 37.0 Å². The van der Waals surface area contributed by atoms with Gasteiger partial charge in [-0.25, -0.2) is 0 Å². The van der Waals surface area contributed by atoms with Crippen LogP contribution in [0.2, 0.25) is 0 Å². The lowest BCUT2D eigenvalue weighted by molar-refractivity contribution is -0.124. The Bertz CT molecular complexity index is 203. The van der Waals surface area contributed by atoms with Crippen LogP contribution in [0.25, 0.3) is 0 Å². The molecule has 1 aliphatic rings. The largest absolute Gasteiger partial charge is 0.350 e. The van der Waals surface area contributed by atoms with E-state index in [0.29, 0.717) is 0 Å². The van der Waals surface area contributed by atoms with Gasteiger partial charge < -0.3 is 10.2 Å². The molecule has 1 rings (SSSR count). The van der Waals surface area contributed by atoms with E-state index in [1.165, 1.54) is 0 Å². The molecule has 0 spiro atoms. The summed E-state index contributed by atoms with van der Waals surface area (Å²) < 4.78 is 0. The summed E-state index contributed by atoms with van der Waals surface area (Å²) in [5.41, 5.74) is 0. The Morgan fingerprint density at radius 1 is 1.77 bits per heavy atom. The monoisotopic (exact) mass is 182 g/mol. The van der Waals surface area contributed by atoms with Gasteiger partial charge in [0, 0.05) is 12.6 Å². The number of nitrogens with zero attached hydrogens (tertiary/aromatic N) is 1. The molecule has 13 heavy (non-hydrogen) atoms. The van der Waals surface area contributed by atoms with E-state index in [1.54, 1.807) is 6.08 Å². The van der Waals surface area contributed by atoms with E-state index in [9.17, 15) is 4.79 Å². The van der Waals surface area contributed by atoms with Gasteiger partial charge in [-0.2, -0.15) is 0 Å². The molecule has 1 amide bonds. The highest BCUT2D eigenvalue weighted by Crippen LogP contribution is 2.14. The van der Waals surface area contributed by atoms with E-state index in [-0.39, 0.29) is 17.9 Å². The smallest absolute Gasteiger partial charge is 0.224 e. The lowest BCUT2D eigenvalue weighted by atomic mass is 10.1. The number of hydrogen-bond acceptors (Lipinski definition) is 2. The zero-order chi connectivity index (χ0) is 9.84. The van der Waals surface area contributed by atoms with Crippen LogP contribution in [0.15, 0.2) is 12.7 Å². The third kappa shape index (κ3) is 2.84. The Morgan fingerprint density at radius 2 is 2.46 bits per heavy atom. The van der Waals surface area contributed by atoms with E-state index in [1.807, 2.05) is 14.0 Å². The SMILES string of the molecule is C=CC(C)NC(=O)C1CCN(C)C1. The first kappa shape index (κ1) is 10.3. The fourth-order valence-corrected chi connectivity index (χ4v) is 1.55. The number of likely N-dealkylation sites (tertiary alicyclic amines) is 1. The van der Waals surface area contributed by atoms with Gasteiger partial charge in [-0.1, -0.05) is 6.08 Å². The molecule has 0 aromatic rings. The molecular weight excluding hydrogens is 164 g/mol. The van der Waals surface area contributed by atoms with Crippen molar-refractivity contribution in [3.63, 3.8) is 0 Å². The van der Waals surface area contributed by atoms with Crippen LogP contribution in [0, 0.1) is 5.92 Å². The van der Waals surface area contributed by atoms with Crippen molar-refractivity contribution in [3.8, 4) is 0 Å². The van der Waals surface area contributed by atoms with Gasteiger partial charge in [0.05, 0.1) is 5.92 Å². The molecule has 0 saturated carbocycles. The summed E-state index contributed by atoms with van der Waals surface area (Å²) in [5.74, 6) is 0.337. The average molecular weight is 182 g/mol. The minimum Gasteiger partial charge on any atom is -0.350 e. The Labute approximate surface area is 79.8 Å². The summed E-state index contributed by atoms with van der Waals surface area (Å²) in [7, 11) is 2.05. The highest BCUT2D eigenvalue weighted by atomic mass is 16.2. The molecule has 1 fully saturated rings. The van der Waals surface area contributed by atoms with Gasteiger partial charge in [-0.05, 0) is 26.9 Å². The molecule has 1 heterocycles. The second kappa shape index (κ2) is 4.42. The summed E-state index contributed by atoms with van der Waals surface area (Å²) in [4.78, 5) is 13.8. The summed E-state index contributed by atoms with van der Waals surface area (Å²) in [6.45, 7) is 7.48. The van der Waals surface area contributed by atoms with E-state index >= 15 is 0 Å². The second-order valence-corrected chi connectivity index (χ2v) is 3.78. The lowest BCUT2D eigenvalue weighted by Gasteiger charge is -2.13. The quantitative estimate of drug-likeness (QED) is 0.649. The molecule has 0 aromatic carbocycles. The van der Waals surface area contributed by atoms with Gasteiger partial charge in [-0.3, -0.25) is 4.79 Å². The highest BCUT2D eigenvalue weighted by Gasteiger charge is 2.26. The number of carbonyl (C=O) groups excluding carboxylic acids is 1. The fourth-order valence-electron chi connectivity index (χ4n) is 1.55. The van der Waals surface area contributed by atoms with Crippen LogP contribution in [-0.2, 0) is 4.79 Å². The van der Waals surface area contributed by atoms with Crippen LogP contribution in [0.4, 0.5) is 0 Å². The molecule has 2 unspecified atom stereocenters. The normalized spacial score (nSPS) is 25.5. The van der Waals surface area contributed by atoms with E-state index in [2.05, 4.69) is 16.8 Å². The average Bonchev–Trinajstić information content (AvgIpc) is 2.51. The maximum absolute atomic E-state index is 11.6. The second-order valence-electron chi connectivity index (χ2n) is 3.78. The predicted octanol–water partition coefficient (Wildman–Crippen LogP) is 0.629. The van der Waals surface area contributed by atoms with Crippen LogP contribution in [0.1, 0.15) is 13.3 Å². The molecular formula is C10H18N2O. The standard InChI is InChI=1S/C10H18N2O/c1-4-8(2)11-10(13)9-5-6-12(3)7-9/h4,8-9H,1,5-7H2,2-3H3,(H,11,13). The van der Waals surface area contributed by atoms with Crippen molar-refractivity contribution >= 4 is 5.91 Å². The lowest BCUT2D eigenvalue weighted by Crippen LogP contribution is -2.37.